The molecule has 0 fully saturated rings. The van der Waals surface area contributed by atoms with Gasteiger partial charge in [0.1, 0.15) is 18.2 Å². The van der Waals surface area contributed by atoms with Crippen LogP contribution in [0.5, 0.6) is 0 Å². The molecule has 1 aromatic rings. The summed E-state index contributed by atoms with van der Waals surface area (Å²) in [7, 11) is 0. The highest BCUT2D eigenvalue weighted by atomic mass is 19.4. The minimum absolute atomic E-state index is 0.0384. The Morgan fingerprint density at radius 3 is 2.67 bits per heavy atom. The smallest absolute Gasteiger partial charge is 0.448 e. The molecule has 0 saturated heterocycles. The van der Waals surface area contributed by atoms with Gasteiger partial charge >= 0.3 is 12.3 Å². The molecule has 0 radical (unpaired) electrons. The first kappa shape index (κ1) is 13.8. The number of hydrogen-bond acceptors (Lipinski definition) is 6. The second-order valence-corrected chi connectivity index (χ2v) is 3.09. The van der Waals surface area contributed by atoms with Gasteiger partial charge < -0.3 is 21.5 Å². The zero-order valence-electron chi connectivity index (χ0n) is 8.99. The van der Waals surface area contributed by atoms with Crippen LogP contribution in [0.2, 0.25) is 0 Å². The molecule has 10 heteroatoms. The molecule has 0 aromatic carbocycles. The third kappa shape index (κ3) is 4.31. The van der Waals surface area contributed by atoms with Crippen LogP contribution in [0.25, 0.3) is 0 Å². The number of amides is 1. The molecule has 0 atom stereocenters. The zero-order valence-corrected chi connectivity index (χ0v) is 8.99. The number of hydrogen-bond donors (Lipinski definition) is 3. The summed E-state index contributed by atoms with van der Waals surface area (Å²) < 4.78 is 41.4. The van der Waals surface area contributed by atoms with Gasteiger partial charge in [0, 0.05) is 6.07 Å². The molecule has 0 saturated carbocycles. The van der Waals surface area contributed by atoms with Gasteiger partial charge in [0.25, 0.3) is 0 Å². The number of rotatable bonds is 4. The summed E-state index contributed by atoms with van der Waals surface area (Å²) in [6.07, 6.45) is -5.66. The van der Waals surface area contributed by atoms with E-state index in [1.165, 1.54) is 0 Å². The normalized spacial score (nSPS) is 11.1. The molecule has 0 aliphatic carbocycles. The number of carbonyl (C=O) groups excluding carboxylic acids is 1. The summed E-state index contributed by atoms with van der Waals surface area (Å²) in [4.78, 5) is 16.5. The SMILES string of the molecule is NC(=O)OCCNc1cc(N)nc(C(F)(F)F)n1. The molecule has 1 heterocycles. The molecule has 0 unspecified atom stereocenters. The number of halogens is 3. The highest BCUT2D eigenvalue weighted by Crippen LogP contribution is 2.27. The lowest BCUT2D eigenvalue weighted by Gasteiger charge is -2.09. The molecule has 1 rings (SSSR count). The van der Waals surface area contributed by atoms with Gasteiger partial charge in [-0.1, -0.05) is 0 Å². The van der Waals surface area contributed by atoms with Crippen LogP contribution in [0.15, 0.2) is 6.07 Å². The van der Waals surface area contributed by atoms with Crippen molar-refractivity contribution in [2.45, 2.75) is 6.18 Å². The lowest BCUT2D eigenvalue weighted by atomic mass is 10.4. The van der Waals surface area contributed by atoms with Crippen molar-refractivity contribution in [2.24, 2.45) is 5.73 Å². The predicted octanol–water partition coefficient (Wildman–Crippen LogP) is 0.585. The first-order valence-electron chi connectivity index (χ1n) is 4.67. The van der Waals surface area contributed by atoms with Gasteiger partial charge in [-0.25, -0.2) is 14.8 Å². The Morgan fingerprint density at radius 1 is 1.44 bits per heavy atom. The minimum Gasteiger partial charge on any atom is -0.448 e. The van der Waals surface area contributed by atoms with Crippen molar-refractivity contribution in [3.63, 3.8) is 0 Å². The van der Waals surface area contributed by atoms with E-state index in [0.29, 0.717) is 0 Å². The van der Waals surface area contributed by atoms with Crippen LogP contribution in [0.1, 0.15) is 5.82 Å². The van der Waals surface area contributed by atoms with Crippen molar-refractivity contribution in [2.75, 3.05) is 24.2 Å². The molecule has 0 bridgehead atoms. The fourth-order valence-corrected chi connectivity index (χ4v) is 1.01. The second kappa shape index (κ2) is 5.38. The van der Waals surface area contributed by atoms with Gasteiger partial charge in [-0.2, -0.15) is 13.2 Å². The van der Waals surface area contributed by atoms with Crippen molar-refractivity contribution >= 4 is 17.7 Å². The lowest BCUT2D eigenvalue weighted by Crippen LogP contribution is -2.20. The summed E-state index contributed by atoms with van der Waals surface area (Å²) in [5.74, 6) is -1.79. The number of anilines is 2. The first-order chi connectivity index (χ1) is 8.29. The molecule has 1 aromatic heterocycles. The van der Waals surface area contributed by atoms with E-state index < -0.39 is 18.1 Å². The Balaban J connectivity index is 2.66. The monoisotopic (exact) mass is 265 g/mol. The standard InChI is InChI=1S/C8H10F3N5O2/c9-8(10,11)6-15-4(12)3-5(16-6)14-1-2-18-7(13)17/h3H,1-2H2,(H2,13,17)(H3,12,14,15,16). The summed E-state index contributed by atoms with van der Waals surface area (Å²) in [6, 6.07) is 1.12. The Bertz CT molecular complexity index is 437. The number of nitrogens with zero attached hydrogens (tertiary/aromatic N) is 2. The Labute approximate surface area is 99.3 Å². The molecule has 100 valence electrons. The Morgan fingerprint density at radius 2 is 2.11 bits per heavy atom. The van der Waals surface area contributed by atoms with Gasteiger partial charge in [-0.15, -0.1) is 0 Å². The van der Waals surface area contributed by atoms with E-state index >= 15 is 0 Å². The Hall–Kier alpha value is -2.26. The largest absolute Gasteiger partial charge is 0.451 e. The van der Waals surface area contributed by atoms with Crippen LogP contribution >= 0.6 is 0 Å². The van der Waals surface area contributed by atoms with E-state index in [-0.39, 0.29) is 24.8 Å². The van der Waals surface area contributed by atoms with E-state index in [2.05, 4.69) is 20.0 Å². The number of ether oxygens (including phenoxy) is 1. The molecule has 7 nitrogen and oxygen atoms in total. The first-order valence-corrected chi connectivity index (χ1v) is 4.67. The van der Waals surface area contributed by atoms with Crippen LogP contribution in [0.4, 0.5) is 29.6 Å². The zero-order chi connectivity index (χ0) is 13.8. The van der Waals surface area contributed by atoms with Gasteiger partial charge in [0.15, 0.2) is 0 Å². The van der Waals surface area contributed by atoms with Crippen molar-refractivity contribution < 1.29 is 22.7 Å². The fourth-order valence-electron chi connectivity index (χ4n) is 1.01. The molecular weight excluding hydrogens is 255 g/mol. The number of nitrogens with two attached hydrogens (primary N) is 2. The summed E-state index contributed by atoms with van der Waals surface area (Å²) in [6.45, 7) is -0.0721. The molecule has 18 heavy (non-hydrogen) atoms. The predicted molar refractivity (Wildman–Crippen MR) is 55.5 cm³/mol. The maximum absolute atomic E-state index is 12.3. The van der Waals surface area contributed by atoms with Crippen molar-refractivity contribution in [3.05, 3.63) is 11.9 Å². The van der Waals surface area contributed by atoms with Gasteiger partial charge in [0.05, 0.1) is 6.54 Å². The highest BCUT2D eigenvalue weighted by Gasteiger charge is 2.35. The average molecular weight is 265 g/mol. The number of aromatic nitrogens is 2. The van der Waals surface area contributed by atoms with E-state index in [0.717, 1.165) is 6.07 Å². The molecule has 1 amide bonds. The topological polar surface area (TPSA) is 116 Å². The number of alkyl halides is 3. The van der Waals surface area contributed by atoms with Crippen molar-refractivity contribution in [3.8, 4) is 0 Å². The third-order valence-corrected chi connectivity index (χ3v) is 1.65. The molecule has 0 aliphatic heterocycles. The van der Waals surface area contributed by atoms with E-state index in [4.69, 9.17) is 11.5 Å². The fraction of sp³-hybridized carbons (Fsp3) is 0.375. The summed E-state index contributed by atoms with van der Waals surface area (Å²) in [5, 5.41) is 2.49. The van der Waals surface area contributed by atoms with Crippen LogP contribution in [0.3, 0.4) is 0 Å². The van der Waals surface area contributed by atoms with Gasteiger partial charge in [-0.05, 0) is 0 Å². The molecular formula is C8H10F3N5O2. The van der Waals surface area contributed by atoms with Crippen molar-refractivity contribution in [1.29, 1.82) is 0 Å². The maximum Gasteiger partial charge on any atom is 0.451 e. The summed E-state index contributed by atoms with van der Waals surface area (Å²) in [5.41, 5.74) is 9.91. The maximum atomic E-state index is 12.3. The van der Waals surface area contributed by atoms with Crippen molar-refractivity contribution in [1.82, 2.24) is 9.97 Å². The van der Waals surface area contributed by atoms with Gasteiger partial charge in [0.2, 0.25) is 5.82 Å². The molecule has 5 N–H and O–H groups in total. The van der Waals surface area contributed by atoms with E-state index in [1.54, 1.807) is 0 Å². The van der Waals surface area contributed by atoms with Crippen LogP contribution in [-0.4, -0.2) is 29.2 Å². The number of nitrogens with one attached hydrogen (secondary N) is 1. The molecule has 0 spiro atoms. The summed E-state index contributed by atoms with van der Waals surface area (Å²) >= 11 is 0. The Kier molecular flexibility index (Phi) is 4.13. The van der Waals surface area contributed by atoms with Crippen LogP contribution in [-0.2, 0) is 10.9 Å². The number of nitrogen functional groups attached to an aromatic ring is 1. The van der Waals surface area contributed by atoms with E-state index in [1.807, 2.05) is 0 Å². The minimum atomic E-state index is -4.68. The second-order valence-electron chi connectivity index (χ2n) is 3.09. The molecule has 0 aliphatic rings. The lowest BCUT2D eigenvalue weighted by molar-refractivity contribution is -0.144. The highest BCUT2D eigenvalue weighted by molar-refractivity contribution is 5.64. The number of primary amides is 1. The third-order valence-electron chi connectivity index (χ3n) is 1.65. The van der Waals surface area contributed by atoms with Gasteiger partial charge in [-0.3, -0.25) is 0 Å². The van der Waals surface area contributed by atoms with Crippen LogP contribution < -0.4 is 16.8 Å². The van der Waals surface area contributed by atoms with Crippen LogP contribution in [0, 0.1) is 0 Å². The van der Waals surface area contributed by atoms with E-state index in [9.17, 15) is 18.0 Å². The number of carbonyl (C=O) groups is 1. The average Bonchev–Trinajstić information content (AvgIpc) is 2.22. The quantitative estimate of drug-likeness (QED) is 0.686.